The van der Waals surface area contributed by atoms with Crippen LogP contribution >= 0.6 is 0 Å². The van der Waals surface area contributed by atoms with E-state index in [1.165, 1.54) is 24.3 Å². The molecule has 1 aliphatic rings. The number of carboxylic acid groups (broad SMARTS) is 1. The molecule has 0 aromatic heterocycles. The third-order valence-corrected chi connectivity index (χ3v) is 3.91. The number of carboxylic acids is 1. The molecule has 0 bridgehead atoms. The summed E-state index contributed by atoms with van der Waals surface area (Å²) in [7, 11) is 0. The number of alkyl halides is 3. The lowest BCUT2D eigenvalue weighted by atomic mass is 10.0. The minimum absolute atomic E-state index is 0.0619. The lowest BCUT2D eigenvalue weighted by molar-refractivity contribution is -0.139. The van der Waals surface area contributed by atoms with Gasteiger partial charge in [-0.1, -0.05) is 50.3 Å². The van der Waals surface area contributed by atoms with Crippen LogP contribution in [0.25, 0.3) is 5.57 Å². The fraction of sp³-hybridized carbons (Fsp3) is 0.400. The molecule has 0 amide bonds. The van der Waals surface area contributed by atoms with Crippen LogP contribution in [0.2, 0.25) is 0 Å². The van der Waals surface area contributed by atoms with E-state index in [4.69, 9.17) is 5.11 Å². The fourth-order valence-electron chi connectivity index (χ4n) is 2.61. The van der Waals surface area contributed by atoms with Crippen molar-refractivity contribution in [1.82, 2.24) is 0 Å². The van der Waals surface area contributed by atoms with E-state index in [0.29, 0.717) is 0 Å². The van der Waals surface area contributed by atoms with Crippen molar-refractivity contribution in [3.63, 3.8) is 0 Å². The number of aliphatic carboxylic acids is 1. The van der Waals surface area contributed by atoms with Crippen molar-refractivity contribution in [3.8, 4) is 0 Å². The summed E-state index contributed by atoms with van der Waals surface area (Å²) >= 11 is 0. The molecular weight excluding hydrogens is 269 g/mol. The van der Waals surface area contributed by atoms with Crippen molar-refractivity contribution in [2.75, 3.05) is 0 Å². The molecular formula is C15H15F3O2. The Morgan fingerprint density at radius 2 is 1.80 bits per heavy atom. The molecule has 0 aliphatic heterocycles. The minimum Gasteiger partial charge on any atom is -0.481 e. The van der Waals surface area contributed by atoms with Crippen molar-refractivity contribution in [1.29, 1.82) is 0 Å². The van der Waals surface area contributed by atoms with Crippen LogP contribution < -0.4 is 0 Å². The molecule has 1 N–H and O–H groups in total. The van der Waals surface area contributed by atoms with Crippen LogP contribution in [0.1, 0.15) is 19.4 Å². The van der Waals surface area contributed by atoms with Gasteiger partial charge in [0.25, 0.3) is 0 Å². The summed E-state index contributed by atoms with van der Waals surface area (Å²) in [5.41, 5.74) is -1.34. The minimum atomic E-state index is -4.50. The van der Waals surface area contributed by atoms with Crippen molar-refractivity contribution in [2.24, 2.45) is 17.3 Å². The predicted molar refractivity (Wildman–Crippen MR) is 68.9 cm³/mol. The highest BCUT2D eigenvalue weighted by molar-refractivity contribution is 5.78. The summed E-state index contributed by atoms with van der Waals surface area (Å²) in [5.74, 6) is -2.41. The number of benzene rings is 1. The van der Waals surface area contributed by atoms with Gasteiger partial charge in [-0.05, 0) is 16.9 Å². The quantitative estimate of drug-likeness (QED) is 0.911. The Kier molecular flexibility index (Phi) is 3.40. The number of hydrogen-bond acceptors (Lipinski definition) is 1. The van der Waals surface area contributed by atoms with E-state index < -0.39 is 35.0 Å². The molecule has 2 nitrogen and oxygen atoms in total. The second-order valence-electron chi connectivity index (χ2n) is 5.61. The lowest BCUT2D eigenvalue weighted by Crippen LogP contribution is -2.11. The first-order valence-electron chi connectivity index (χ1n) is 6.23. The zero-order valence-electron chi connectivity index (χ0n) is 11.1. The van der Waals surface area contributed by atoms with Gasteiger partial charge in [0.05, 0.1) is 11.5 Å². The second-order valence-corrected chi connectivity index (χ2v) is 5.61. The Bertz CT molecular complexity index is 544. The number of carbonyl (C=O) groups is 1. The molecule has 5 heteroatoms. The first-order valence-corrected chi connectivity index (χ1v) is 6.23. The Morgan fingerprint density at radius 3 is 2.20 bits per heavy atom. The van der Waals surface area contributed by atoms with Crippen LogP contribution in [0.4, 0.5) is 13.2 Å². The molecule has 0 heterocycles. The Balaban J connectivity index is 2.40. The van der Waals surface area contributed by atoms with Crippen molar-refractivity contribution < 1.29 is 23.1 Å². The number of allylic oxidation sites excluding steroid dienone is 2. The highest BCUT2D eigenvalue weighted by Gasteiger charge is 2.61. The second kappa shape index (κ2) is 4.65. The van der Waals surface area contributed by atoms with E-state index in [-0.39, 0.29) is 5.56 Å². The van der Waals surface area contributed by atoms with Crippen molar-refractivity contribution >= 4 is 11.5 Å². The monoisotopic (exact) mass is 284 g/mol. The maximum atomic E-state index is 13.2. The van der Waals surface area contributed by atoms with Gasteiger partial charge in [-0.2, -0.15) is 13.2 Å². The molecule has 1 aliphatic carbocycles. The molecule has 0 saturated heterocycles. The highest BCUT2D eigenvalue weighted by Crippen LogP contribution is 2.60. The van der Waals surface area contributed by atoms with Gasteiger partial charge in [-0.15, -0.1) is 0 Å². The number of rotatable bonds is 3. The molecule has 108 valence electrons. The predicted octanol–water partition coefficient (Wildman–Crippen LogP) is 3.99. The van der Waals surface area contributed by atoms with Crippen molar-refractivity contribution in [3.05, 3.63) is 42.0 Å². The molecule has 1 aromatic rings. The lowest BCUT2D eigenvalue weighted by Gasteiger charge is -2.12. The van der Waals surface area contributed by atoms with Crippen LogP contribution in [0.5, 0.6) is 0 Å². The van der Waals surface area contributed by atoms with Gasteiger partial charge >= 0.3 is 12.1 Å². The molecule has 0 spiro atoms. The van der Waals surface area contributed by atoms with Crippen molar-refractivity contribution in [2.45, 2.75) is 20.0 Å². The van der Waals surface area contributed by atoms with E-state index in [9.17, 15) is 18.0 Å². The van der Waals surface area contributed by atoms with Gasteiger partial charge in [-0.3, -0.25) is 4.79 Å². The van der Waals surface area contributed by atoms with Crippen LogP contribution in [0.15, 0.2) is 36.4 Å². The average molecular weight is 284 g/mol. The van der Waals surface area contributed by atoms with Crippen LogP contribution in [-0.4, -0.2) is 17.3 Å². The third kappa shape index (κ3) is 2.57. The Hall–Kier alpha value is -1.78. The van der Waals surface area contributed by atoms with E-state index in [0.717, 1.165) is 6.08 Å². The molecule has 2 unspecified atom stereocenters. The molecule has 2 rings (SSSR count). The smallest absolute Gasteiger partial charge is 0.416 e. The molecule has 1 saturated carbocycles. The van der Waals surface area contributed by atoms with E-state index >= 15 is 0 Å². The van der Waals surface area contributed by atoms with E-state index in [1.54, 1.807) is 19.9 Å². The van der Waals surface area contributed by atoms with Crippen LogP contribution in [-0.2, 0) is 4.79 Å². The summed E-state index contributed by atoms with van der Waals surface area (Å²) in [6.45, 7) is 3.35. The maximum absolute atomic E-state index is 13.2. The topological polar surface area (TPSA) is 37.3 Å². The zero-order valence-corrected chi connectivity index (χ0v) is 11.1. The summed E-state index contributed by atoms with van der Waals surface area (Å²) in [6.07, 6.45) is -3.43. The summed E-state index contributed by atoms with van der Waals surface area (Å²) < 4.78 is 39.5. The summed E-state index contributed by atoms with van der Waals surface area (Å²) in [5, 5.41) is 9.04. The van der Waals surface area contributed by atoms with Gasteiger partial charge < -0.3 is 5.11 Å². The highest BCUT2D eigenvalue weighted by atomic mass is 19.4. The zero-order chi connectivity index (χ0) is 15.1. The normalized spacial score (nSPS) is 25.4. The van der Waals surface area contributed by atoms with E-state index in [2.05, 4.69) is 0 Å². The van der Waals surface area contributed by atoms with Crippen LogP contribution in [0.3, 0.4) is 0 Å². The van der Waals surface area contributed by atoms with Gasteiger partial charge in [0.15, 0.2) is 0 Å². The Labute approximate surface area is 114 Å². The SMILES string of the molecule is CC1(C)C(C=C(c2ccccc2)C(F)(F)F)C1C(=O)O. The molecule has 1 fully saturated rings. The summed E-state index contributed by atoms with van der Waals surface area (Å²) in [4.78, 5) is 11.0. The standard InChI is InChI=1S/C15H15F3O2/c1-14(2)11(12(14)13(19)20)8-10(15(16,17)18)9-6-4-3-5-7-9/h3-8,11-12H,1-2H3,(H,19,20). The van der Waals surface area contributed by atoms with E-state index in [1.807, 2.05) is 0 Å². The molecule has 0 radical (unpaired) electrons. The Morgan fingerprint density at radius 1 is 1.25 bits per heavy atom. The molecule has 1 aromatic carbocycles. The number of halogens is 3. The van der Waals surface area contributed by atoms with Gasteiger partial charge in [0.1, 0.15) is 0 Å². The maximum Gasteiger partial charge on any atom is 0.416 e. The van der Waals surface area contributed by atoms with Gasteiger partial charge in [0, 0.05) is 0 Å². The first kappa shape index (κ1) is 14.6. The van der Waals surface area contributed by atoms with Crippen LogP contribution in [0, 0.1) is 17.3 Å². The first-order chi connectivity index (χ1) is 9.15. The molecule has 20 heavy (non-hydrogen) atoms. The van der Waals surface area contributed by atoms with Gasteiger partial charge in [-0.25, -0.2) is 0 Å². The largest absolute Gasteiger partial charge is 0.481 e. The third-order valence-electron chi connectivity index (χ3n) is 3.91. The average Bonchev–Trinajstić information content (AvgIpc) is 2.87. The summed E-state index contributed by atoms with van der Waals surface area (Å²) in [6, 6.07) is 7.46. The number of hydrogen-bond donors (Lipinski definition) is 1. The fourth-order valence-corrected chi connectivity index (χ4v) is 2.61. The molecule has 2 atom stereocenters. The van der Waals surface area contributed by atoms with Gasteiger partial charge in [0.2, 0.25) is 0 Å².